The van der Waals surface area contributed by atoms with Crippen LogP contribution in [0.1, 0.15) is 45.7 Å². The van der Waals surface area contributed by atoms with Crippen molar-refractivity contribution in [3.05, 3.63) is 71.4 Å². The number of hydrogen-bond acceptors (Lipinski definition) is 4. The highest BCUT2D eigenvalue weighted by atomic mass is 16.5. The Labute approximate surface area is 194 Å². The maximum atomic E-state index is 13.0. The monoisotopic (exact) mass is 450 g/mol. The molecule has 1 aliphatic heterocycles. The highest BCUT2D eigenvalue weighted by Gasteiger charge is 2.36. The second-order valence-electron chi connectivity index (χ2n) is 8.06. The van der Waals surface area contributed by atoms with Crippen LogP contribution in [0.2, 0.25) is 0 Å². The van der Waals surface area contributed by atoms with Crippen LogP contribution in [0.3, 0.4) is 0 Å². The Bertz CT molecular complexity index is 1050. The van der Waals surface area contributed by atoms with E-state index in [0.29, 0.717) is 34.8 Å². The number of esters is 1. The van der Waals surface area contributed by atoms with Crippen LogP contribution >= 0.6 is 0 Å². The smallest absolute Gasteiger partial charge is 0.338 e. The molecular weight excluding hydrogens is 420 g/mol. The number of nitrogens with zero attached hydrogens (tertiary/aromatic N) is 1. The zero-order valence-corrected chi connectivity index (χ0v) is 19.3. The largest absolute Gasteiger partial charge is 0.459 e. The van der Waals surface area contributed by atoms with Crippen LogP contribution in [0.15, 0.2) is 65.9 Å². The summed E-state index contributed by atoms with van der Waals surface area (Å²) in [5.41, 5.74) is 2.80. The minimum atomic E-state index is -0.698. The lowest BCUT2D eigenvalue weighted by molar-refractivity contribution is -0.143. The summed E-state index contributed by atoms with van der Waals surface area (Å²) in [6.45, 7) is 7.78. The number of carbonyl (C=O) groups excluding carboxylic acids is 3. The number of benzene rings is 2. The number of urea groups is 2. The van der Waals surface area contributed by atoms with E-state index in [0.717, 1.165) is 6.42 Å². The molecule has 0 aliphatic carbocycles. The second-order valence-corrected chi connectivity index (χ2v) is 8.06. The number of amides is 4. The lowest BCUT2D eigenvalue weighted by Gasteiger charge is -2.35. The van der Waals surface area contributed by atoms with E-state index in [-0.39, 0.29) is 12.1 Å². The Morgan fingerprint density at radius 3 is 2.39 bits per heavy atom. The van der Waals surface area contributed by atoms with Gasteiger partial charge in [0.2, 0.25) is 0 Å². The van der Waals surface area contributed by atoms with Gasteiger partial charge < -0.3 is 20.7 Å². The predicted molar refractivity (Wildman–Crippen MR) is 128 cm³/mol. The Hall–Kier alpha value is -3.81. The van der Waals surface area contributed by atoms with Gasteiger partial charge in [-0.1, -0.05) is 37.3 Å². The number of ether oxygens (including phenoxy) is 1. The molecule has 2 aromatic rings. The summed E-state index contributed by atoms with van der Waals surface area (Å²) in [5.74, 6) is -0.478. The average Bonchev–Trinajstić information content (AvgIpc) is 2.76. The van der Waals surface area contributed by atoms with Crippen LogP contribution < -0.4 is 16.0 Å². The normalized spacial score (nSPS) is 15.8. The standard InChI is InChI=1S/C25H30N4O4/c1-5-14-29-17(4)21(23(30)33-16(2)3)22(28-25(29)32)18-10-9-13-20(15-18)27-24(31)26-19-11-7-6-8-12-19/h6-13,15-16,22H,5,14H2,1-4H3,(H,28,32)(H2,26,27,31). The average molecular weight is 451 g/mol. The van der Waals surface area contributed by atoms with Gasteiger partial charge in [-0.25, -0.2) is 14.4 Å². The summed E-state index contributed by atoms with van der Waals surface area (Å²) in [5, 5.41) is 8.48. The lowest BCUT2D eigenvalue weighted by Crippen LogP contribution is -2.48. The minimum absolute atomic E-state index is 0.277. The quantitative estimate of drug-likeness (QED) is 0.515. The van der Waals surface area contributed by atoms with Crippen molar-refractivity contribution in [3.63, 3.8) is 0 Å². The van der Waals surface area contributed by atoms with Crippen LogP contribution in [0, 0.1) is 0 Å². The van der Waals surface area contributed by atoms with Crippen LogP contribution in [-0.2, 0) is 9.53 Å². The molecule has 0 aromatic heterocycles. The third kappa shape index (κ3) is 5.91. The molecule has 8 nitrogen and oxygen atoms in total. The van der Waals surface area contributed by atoms with Crippen molar-refractivity contribution in [2.45, 2.75) is 46.3 Å². The molecule has 4 amide bonds. The molecule has 8 heteroatoms. The molecule has 2 aromatic carbocycles. The first-order valence-electron chi connectivity index (χ1n) is 11.0. The first-order chi connectivity index (χ1) is 15.8. The number of allylic oxidation sites excluding steroid dienone is 1. The van der Waals surface area contributed by atoms with E-state index in [2.05, 4.69) is 16.0 Å². The van der Waals surface area contributed by atoms with Gasteiger partial charge in [0.05, 0.1) is 17.7 Å². The van der Waals surface area contributed by atoms with Gasteiger partial charge in [-0.2, -0.15) is 0 Å². The fourth-order valence-corrected chi connectivity index (χ4v) is 3.68. The topological polar surface area (TPSA) is 99.8 Å². The van der Waals surface area contributed by atoms with Crippen molar-refractivity contribution in [2.75, 3.05) is 17.2 Å². The molecular formula is C25H30N4O4. The molecule has 0 saturated carbocycles. The van der Waals surface area contributed by atoms with Crippen molar-refractivity contribution in [1.82, 2.24) is 10.2 Å². The molecule has 1 aliphatic rings. The van der Waals surface area contributed by atoms with Crippen molar-refractivity contribution in [2.24, 2.45) is 0 Å². The van der Waals surface area contributed by atoms with Gasteiger partial charge in [0.1, 0.15) is 0 Å². The molecule has 3 rings (SSSR count). The molecule has 0 spiro atoms. The molecule has 1 heterocycles. The summed E-state index contributed by atoms with van der Waals surface area (Å²) >= 11 is 0. The number of hydrogen-bond donors (Lipinski definition) is 3. The molecule has 0 saturated heterocycles. The Morgan fingerprint density at radius 1 is 1.06 bits per heavy atom. The van der Waals surface area contributed by atoms with Gasteiger partial charge in [-0.3, -0.25) is 4.90 Å². The number of nitrogens with one attached hydrogen (secondary N) is 3. The summed E-state index contributed by atoms with van der Waals surface area (Å²) in [6.07, 6.45) is 0.447. The molecule has 174 valence electrons. The van der Waals surface area contributed by atoms with Crippen molar-refractivity contribution in [1.29, 1.82) is 0 Å². The Kier molecular flexibility index (Phi) is 7.71. The molecule has 0 bridgehead atoms. The summed E-state index contributed by atoms with van der Waals surface area (Å²) in [7, 11) is 0. The molecule has 0 radical (unpaired) electrons. The predicted octanol–water partition coefficient (Wildman–Crippen LogP) is 5.03. The maximum absolute atomic E-state index is 13.0. The second kappa shape index (κ2) is 10.7. The molecule has 33 heavy (non-hydrogen) atoms. The Morgan fingerprint density at radius 2 is 1.73 bits per heavy atom. The number of anilines is 2. The van der Waals surface area contributed by atoms with Crippen molar-refractivity contribution < 1.29 is 19.1 Å². The van der Waals surface area contributed by atoms with Gasteiger partial charge in [-0.15, -0.1) is 0 Å². The third-order valence-corrected chi connectivity index (χ3v) is 5.12. The molecule has 0 fully saturated rings. The number of carbonyl (C=O) groups is 3. The summed E-state index contributed by atoms with van der Waals surface area (Å²) in [6, 6.07) is 14.8. The minimum Gasteiger partial charge on any atom is -0.459 e. The Balaban J connectivity index is 1.89. The van der Waals surface area contributed by atoms with E-state index in [1.807, 2.05) is 25.1 Å². The fourth-order valence-electron chi connectivity index (χ4n) is 3.68. The van der Waals surface area contributed by atoms with E-state index in [1.165, 1.54) is 0 Å². The summed E-state index contributed by atoms with van der Waals surface area (Å²) in [4.78, 5) is 39.7. The van der Waals surface area contributed by atoms with Gasteiger partial charge in [-0.05, 0) is 57.0 Å². The van der Waals surface area contributed by atoms with Crippen LogP contribution in [0.4, 0.5) is 21.0 Å². The van der Waals surface area contributed by atoms with Gasteiger partial charge in [0.15, 0.2) is 0 Å². The molecule has 3 N–H and O–H groups in total. The van der Waals surface area contributed by atoms with E-state index in [9.17, 15) is 14.4 Å². The van der Waals surface area contributed by atoms with Gasteiger partial charge in [0.25, 0.3) is 0 Å². The van der Waals surface area contributed by atoms with E-state index >= 15 is 0 Å². The molecule has 1 unspecified atom stereocenters. The first-order valence-corrected chi connectivity index (χ1v) is 11.0. The van der Waals surface area contributed by atoms with Crippen LogP contribution in [-0.4, -0.2) is 35.6 Å². The van der Waals surface area contributed by atoms with Gasteiger partial charge >= 0.3 is 18.0 Å². The van der Waals surface area contributed by atoms with Gasteiger partial charge in [0, 0.05) is 23.6 Å². The van der Waals surface area contributed by atoms with Crippen molar-refractivity contribution >= 4 is 29.4 Å². The third-order valence-electron chi connectivity index (χ3n) is 5.12. The summed E-state index contributed by atoms with van der Waals surface area (Å²) < 4.78 is 5.48. The van der Waals surface area contributed by atoms with E-state index in [1.54, 1.807) is 62.1 Å². The highest BCUT2D eigenvalue weighted by molar-refractivity contribution is 6.00. The first kappa shape index (κ1) is 23.8. The van der Waals surface area contributed by atoms with E-state index < -0.39 is 18.0 Å². The number of rotatable bonds is 7. The SMILES string of the molecule is CCCN1C(=O)NC(c2cccc(NC(=O)Nc3ccccc3)c2)C(C(=O)OC(C)C)=C1C. The van der Waals surface area contributed by atoms with Crippen LogP contribution in [0.25, 0.3) is 0 Å². The van der Waals surface area contributed by atoms with E-state index in [4.69, 9.17) is 4.74 Å². The van der Waals surface area contributed by atoms with Crippen LogP contribution in [0.5, 0.6) is 0 Å². The zero-order valence-electron chi connectivity index (χ0n) is 19.3. The van der Waals surface area contributed by atoms with Crippen molar-refractivity contribution in [3.8, 4) is 0 Å². The fraction of sp³-hybridized carbons (Fsp3) is 0.320. The number of para-hydroxylation sites is 1. The molecule has 1 atom stereocenters. The lowest BCUT2D eigenvalue weighted by atomic mass is 9.94. The zero-order chi connectivity index (χ0) is 24.0. The highest BCUT2D eigenvalue weighted by Crippen LogP contribution is 2.32. The maximum Gasteiger partial charge on any atom is 0.338 e.